The molecule has 0 saturated carbocycles. The first-order chi connectivity index (χ1) is 9.82. The van der Waals surface area contributed by atoms with Gasteiger partial charge >= 0.3 is 4.87 Å². The van der Waals surface area contributed by atoms with Crippen LogP contribution in [-0.2, 0) is 14.8 Å². The zero-order valence-electron chi connectivity index (χ0n) is 11.6. The minimum Gasteiger partial charge on any atom is -0.356 e. The number of aryl methyl sites for hydroxylation is 1. The summed E-state index contributed by atoms with van der Waals surface area (Å²) in [6.45, 7) is 3.01. The summed E-state index contributed by atoms with van der Waals surface area (Å²) < 4.78 is 26.7. The maximum atomic E-state index is 12.6. The molecule has 21 heavy (non-hydrogen) atoms. The van der Waals surface area contributed by atoms with Crippen molar-refractivity contribution in [2.24, 2.45) is 5.41 Å². The fraction of sp³-hybridized carbons (Fsp3) is 0.667. The smallest absolute Gasteiger partial charge is 0.305 e. The topological polar surface area (TPSA) is 99.3 Å². The zero-order valence-corrected chi connectivity index (χ0v) is 13.3. The molecular formula is C12H17N3O4S2. The summed E-state index contributed by atoms with van der Waals surface area (Å²) in [5.41, 5.74) is 0.298. The van der Waals surface area contributed by atoms with Gasteiger partial charge in [0, 0.05) is 31.7 Å². The van der Waals surface area contributed by atoms with Gasteiger partial charge in [0.1, 0.15) is 0 Å². The third kappa shape index (κ3) is 2.53. The van der Waals surface area contributed by atoms with Crippen molar-refractivity contribution in [3.05, 3.63) is 15.4 Å². The number of H-pyrrole nitrogens is 1. The van der Waals surface area contributed by atoms with Crippen LogP contribution in [0.5, 0.6) is 0 Å². The van der Waals surface area contributed by atoms with Crippen LogP contribution in [0.3, 0.4) is 0 Å². The van der Waals surface area contributed by atoms with Gasteiger partial charge in [0.15, 0.2) is 4.21 Å². The highest BCUT2D eigenvalue weighted by Crippen LogP contribution is 2.39. The van der Waals surface area contributed by atoms with Crippen LogP contribution >= 0.6 is 11.3 Å². The lowest BCUT2D eigenvalue weighted by atomic mass is 9.78. The second-order valence-corrected chi connectivity index (χ2v) is 8.90. The summed E-state index contributed by atoms with van der Waals surface area (Å²) in [6.07, 6.45) is 1.82. The Balaban J connectivity index is 1.79. The number of aromatic nitrogens is 1. The van der Waals surface area contributed by atoms with Gasteiger partial charge in [-0.2, -0.15) is 4.31 Å². The largest absolute Gasteiger partial charge is 0.356 e. The van der Waals surface area contributed by atoms with Crippen LogP contribution in [0.1, 0.15) is 25.0 Å². The molecule has 0 bridgehead atoms. The molecule has 0 aliphatic carbocycles. The van der Waals surface area contributed by atoms with Crippen LogP contribution < -0.4 is 10.2 Å². The minimum atomic E-state index is -3.62. The van der Waals surface area contributed by atoms with E-state index in [1.165, 1.54) is 4.31 Å². The fourth-order valence-electron chi connectivity index (χ4n) is 3.06. The first kappa shape index (κ1) is 14.7. The van der Waals surface area contributed by atoms with Gasteiger partial charge in [0.05, 0.1) is 0 Å². The molecule has 0 unspecified atom stereocenters. The Morgan fingerprint density at radius 1 is 1.24 bits per heavy atom. The molecule has 9 heteroatoms. The predicted octanol–water partition coefficient (Wildman–Crippen LogP) is 0.0356. The third-order valence-corrected chi connectivity index (χ3v) is 7.82. The van der Waals surface area contributed by atoms with Gasteiger partial charge in [-0.3, -0.25) is 9.59 Å². The highest BCUT2D eigenvalue weighted by molar-refractivity contribution is 7.91. The summed E-state index contributed by atoms with van der Waals surface area (Å²) in [7, 11) is -3.62. The molecule has 0 radical (unpaired) electrons. The maximum absolute atomic E-state index is 12.6. The van der Waals surface area contributed by atoms with Crippen LogP contribution in [0.2, 0.25) is 0 Å². The molecule has 2 saturated heterocycles. The van der Waals surface area contributed by atoms with E-state index in [2.05, 4.69) is 10.3 Å². The molecule has 3 heterocycles. The molecule has 7 nitrogen and oxygen atoms in total. The average molecular weight is 331 g/mol. The van der Waals surface area contributed by atoms with Crippen molar-refractivity contribution in [2.75, 3.05) is 19.6 Å². The monoisotopic (exact) mass is 331 g/mol. The van der Waals surface area contributed by atoms with Crippen LogP contribution in [0, 0.1) is 12.3 Å². The van der Waals surface area contributed by atoms with Crippen molar-refractivity contribution in [3.8, 4) is 0 Å². The van der Waals surface area contributed by atoms with Crippen molar-refractivity contribution < 1.29 is 13.2 Å². The second kappa shape index (κ2) is 4.92. The van der Waals surface area contributed by atoms with Crippen LogP contribution in [0.4, 0.5) is 0 Å². The number of nitrogens with one attached hydrogen (secondary N) is 2. The van der Waals surface area contributed by atoms with Gasteiger partial charge < -0.3 is 10.3 Å². The highest BCUT2D eigenvalue weighted by Gasteiger charge is 2.43. The van der Waals surface area contributed by atoms with E-state index < -0.39 is 10.0 Å². The average Bonchev–Trinajstić information content (AvgIpc) is 2.94. The summed E-state index contributed by atoms with van der Waals surface area (Å²) in [4.78, 5) is 24.9. The number of thiazole rings is 1. The van der Waals surface area contributed by atoms with Crippen molar-refractivity contribution in [3.63, 3.8) is 0 Å². The van der Waals surface area contributed by atoms with Crippen molar-refractivity contribution in [1.29, 1.82) is 0 Å². The molecule has 0 aromatic carbocycles. The van der Waals surface area contributed by atoms with Gasteiger partial charge in [0.2, 0.25) is 5.91 Å². The molecule has 0 atom stereocenters. The molecule has 2 aliphatic heterocycles. The van der Waals surface area contributed by atoms with Crippen LogP contribution in [-0.4, -0.2) is 43.2 Å². The Bertz CT molecular complexity index is 726. The van der Waals surface area contributed by atoms with E-state index in [-0.39, 0.29) is 20.4 Å². The van der Waals surface area contributed by atoms with E-state index >= 15 is 0 Å². The number of sulfonamides is 1. The SMILES string of the molecule is Cc1[nH]c(=O)sc1S(=O)(=O)N1CCC2(CC1)CNC(=O)C2. The van der Waals surface area contributed by atoms with Gasteiger partial charge in [-0.25, -0.2) is 8.42 Å². The summed E-state index contributed by atoms with van der Waals surface area (Å²) in [5.74, 6) is 0.0472. The van der Waals surface area contributed by atoms with Gasteiger partial charge in [0.25, 0.3) is 10.0 Å². The van der Waals surface area contributed by atoms with E-state index in [4.69, 9.17) is 0 Å². The van der Waals surface area contributed by atoms with E-state index in [0.29, 0.717) is 44.6 Å². The van der Waals surface area contributed by atoms with E-state index in [0.717, 1.165) is 11.3 Å². The number of rotatable bonds is 2. The van der Waals surface area contributed by atoms with Crippen molar-refractivity contribution in [1.82, 2.24) is 14.6 Å². The molecule has 3 rings (SSSR count). The van der Waals surface area contributed by atoms with E-state index in [1.54, 1.807) is 6.92 Å². The molecule has 2 aliphatic rings. The first-order valence-corrected chi connectivity index (χ1v) is 9.05. The fourth-order valence-corrected chi connectivity index (χ4v) is 5.94. The van der Waals surface area contributed by atoms with Gasteiger partial charge in [-0.05, 0) is 25.2 Å². The molecule has 1 amide bonds. The normalized spacial score (nSPS) is 22.6. The Hall–Kier alpha value is -1.19. The Morgan fingerprint density at radius 2 is 1.90 bits per heavy atom. The van der Waals surface area contributed by atoms with Crippen molar-refractivity contribution >= 4 is 27.3 Å². The number of hydrogen-bond acceptors (Lipinski definition) is 5. The molecule has 2 N–H and O–H groups in total. The summed E-state index contributed by atoms with van der Waals surface area (Å²) >= 11 is 0.732. The lowest BCUT2D eigenvalue weighted by molar-refractivity contribution is -0.119. The number of amides is 1. The maximum Gasteiger partial charge on any atom is 0.305 e. The van der Waals surface area contributed by atoms with Crippen LogP contribution in [0.25, 0.3) is 0 Å². The lowest BCUT2D eigenvalue weighted by Gasteiger charge is -2.37. The number of hydrogen-bond donors (Lipinski definition) is 2. The summed E-state index contributed by atoms with van der Waals surface area (Å²) in [6, 6.07) is 0. The predicted molar refractivity (Wildman–Crippen MR) is 77.7 cm³/mol. The molecule has 116 valence electrons. The lowest BCUT2D eigenvalue weighted by Crippen LogP contribution is -2.43. The van der Waals surface area contributed by atoms with Gasteiger partial charge in [-0.15, -0.1) is 0 Å². The number of carbonyl (C=O) groups is 1. The number of piperidine rings is 1. The second-order valence-electron chi connectivity index (χ2n) is 5.78. The molecule has 1 spiro atoms. The Morgan fingerprint density at radius 3 is 2.38 bits per heavy atom. The molecule has 1 aromatic rings. The Kier molecular flexibility index (Phi) is 3.45. The van der Waals surface area contributed by atoms with E-state index in [1.807, 2.05) is 0 Å². The van der Waals surface area contributed by atoms with Crippen molar-refractivity contribution in [2.45, 2.75) is 30.4 Å². The number of carbonyl (C=O) groups excluding carboxylic acids is 1. The zero-order chi connectivity index (χ0) is 15.3. The minimum absolute atomic E-state index is 0.0472. The third-order valence-electron chi connectivity index (χ3n) is 4.33. The van der Waals surface area contributed by atoms with Crippen LogP contribution in [0.15, 0.2) is 9.00 Å². The number of nitrogens with zero attached hydrogens (tertiary/aromatic N) is 1. The summed E-state index contributed by atoms with van der Waals surface area (Å²) in [5, 5.41) is 2.83. The van der Waals surface area contributed by atoms with Gasteiger partial charge in [-0.1, -0.05) is 11.3 Å². The quantitative estimate of drug-likeness (QED) is 0.799. The highest BCUT2D eigenvalue weighted by atomic mass is 32.2. The standard InChI is InChI=1S/C12H17N3O4S2/c1-8-10(20-11(17)14-8)21(18,19)15-4-2-12(3-5-15)6-9(16)13-7-12/h2-7H2,1H3,(H,13,16)(H,14,17). The Labute approximate surface area is 126 Å². The molecule has 1 aromatic heterocycles. The molecule has 2 fully saturated rings. The molecular weight excluding hydrogens is 314 g/mol. The number of aromatic amines is 1. The first-order valence-electron chi connectivity index (χ1n) is 6.79. The van der Waals surface area contributed by atoms with E-state index in [9.17, 15) is 18.0 Å².